The van der Waals surface area contributed by atoms with Crippen LogP contribution in [0.4, 0.5) is 0 Å². The van der Waals surface area contributed by atoms with Gasteiger partial charge in [-0.15, -0.1) is 0 Å². The number of hydrogen-bond donors (Lipinski definition) is 0. The van der Waals surface area contributed by atoms with Crippen molar-refractivity contribution in [2.24, 2.45) is 0 Å². The summed E-state index contributed by atoms with van der Waals surface area (Å²) in [5.41, 5.74) is 1.06. The molecule has 1 aliphatic rings. The molecule has 1 aliphatic heterocycles. The van der Waals surface area contributed by atoms with Crippen molar-refractivity contribution in [3.8, 4) is 11.8 Å². The van der Waals surface area contributed by atoms with Crippen LogP contribution in [0.15, 0.2) is 12.2 Å². The second-order valence-corrected chi connectivity index (χ2v) is 3.38. The normalized spacial score (nSPS) is 18.4. The molecule has 0 spiro atoms. The quantitative estimate of drug-likeness (QED) is 0.478. The molecule has 15 heavy (non-hydrogen) atoms. The van der Waals surface area contributed by atoms with Gasteiger partial charge in [0.2, 0.25) is 0 Å². The highest BCUT2D eigenvalue weighted by Crippen LogP contribution is 2.22. The van der Waals surface area contributed by atoms with Crippen LogP contribution in [0, 0.1) is 11.8 Å². The zero-order chi connectivity index (χ0) is 11.8. The van der Waals surface area contributed by atoms with Crippen molar-refractivity contribution in [3.63, 3.8) is 0 Å². The molecule has 2 nitrogen and oxygen atoms in total. The van der Waals surface area contributed by atoms with Crippen LogP contribution in [0.5, 0.6) is 0 Å². The van der Waals surface area contributed by atoms with Gasteiger partial charge in [0.1, 0.15) is 0 Å². The van der Waals surface area contributed by atoms with Crippen LogP contribution < -0.4 is 0 Å². The van der Waals surface area contributed by atoms with Crippen LogP contribution in [0.2, 0.25) is 0 Å². The Morgan fingerprint density at radius 3 is 2.53 bits per heavy atom. The molecule has 0 radical (unpaired) electrons. The SMILES string of the molecule is C=C(C)[C@@H]1CCCN1C(=O)C#CC.CC. The molecular formula is C13H21NO. The van der Waals surface area contributed by atoms with Crippen molar-refractivity contribution in [2.45, 2.75) is 46.6 Å². The minimum Gasteiger partial charge on any atom is -0.325 e. The van der Waals surface area contributed by atoms with Gasteiger partial charge in [0, 0.05) is 6.54 Å². The number of carbonyl (C=O) groups excluding carboxylic acids is 1. The first-order valence-corrected chi connectivity index (χ1v) is 5.55. The van der Waals surface area contributed by atoms with Crippen LogP contribution >= 0.6 is 0 Å². The third-order valence-electron chi connectivity index (χ3n) is 2.31. The van der Waals surface area contributed by atoms with E-state index in [1.165, 1.54) is 0 Å². The Hall–Kier alpha value is -1.23. The maximum absolute atomic E-state index is 11.5. The minimum atomic E-state index is -0.0620. The fourth-order valence-corrected chi connectivity index (χ4v) is 1.70. The monoisotopic (exact) mass is 207 g/mol. The highest BCUT2D eigenvalue weighted by Gasteiger charge is 2.27. The largest absolute Gasteiger partial charge is 0.325 e. The molecule has 0 saturated carbocycles. The minimum absolute atomic E-state index is 0.0620. The molecule has 0 aromatic rings. The third kappa shape index (κ3) is 3.79. The molecule has 0 N–H and O–H groups in total. The number of likely N-dealkylation sites (tertiary alicyclic amines) is 1. The molecule has 0 bridgehead atoms. The first-order chi connectivity index (χ1) is 7.16. The van der Waals surface area contributed by atoms with E-state index in [-0.39, 0.29) is 11.9 Å². The van der Waals surface area contributed by atoms with E-state index in [1.54, 1.807) is 6.92 Å². The van der Waals surface area contributed by atoms with Crippen LogP contribution in [0.25, 0.3) is 0 Å². The maximum Gasteiger partial charge on any atom is 0.298 e. The summed E-state index contributed by atoms with van der Waals surface area (Å²) >= 11 is 0. The predicted molar refractivity (Wildman–Crippen MR) is 64.3 cm³/mol. The van der Waals surface area contributed by atoms with Gasteiger partial charge < -0.3 is 4.90 Å². The lowest BCUT2D eigenvalue weighted by Crippen LogP contribution is -2.35. The lowest BCUT2D eigenvalue weighted by Gasteiger charge is -2.22. The maximum atomic E-state index is 11.5. The van der Waals surface area contributed by atoms with Gasteiger partial charge in [0.05, 0.1) is 6.04 Å². The molecule has 0 aliphatic carbocycles. The molecule has 1 fully saturated rings. The van der Waals surface area contributed by atoms with Crippen LogP contribution in [0.1, 0.15) is 40.5 Å². The fraction of sp³-hybridized carbons (Fsp3) is 0.615. The topological polar surface area (TPSA) is 20.3 Å². The molecule has 2 heteroatoms. The van der Waals surface area contributed by atoms with E-state index in [0.717, 1.165) is 25.0 Å². The Labute approximate surface area is 93.3 Å². The number of hydrogen-bond acceptors (Lipinski definition) is 1. The Balaban J connectivity index is 0.000000921. The highest BCUT2D eigenvalue weighted by molar-refractivity contribution is 5.94. The lowest BCUT2D eigenvalue weighted by atomic mass is 10.1. The Bertz CT molecular complexity index is 283. The molecule has 1 saturated heterocycles. The number of amides is 1. The van der Waals surface area contributed by atoms with Crippen molar-refractivity contribution in [1.82, 2.24) is 4.90 Å². The van der Waals surface area contributed by atoms with Crippen molar-refractivity contribution < 1.29 is 4.79 Å². The second-order valence-electron chi connectivity index (χ2n) is 3.38. The average molecular weight is 207 g/mol. The summed E-state index contributed by atoms with van der Waals surface area (Å²) in [7, 11) is 0. The summed E-state index contributed by atoms with van der Waals surface area (Å²) < 4.78 is 0. The zero-order valence-electron chi connectivity index (χ0n) is 10.3. The van der Waals surface area contributed by atoms with Crippen molar-refractivity contribution in [1.29, 1.82) is 0 Å². The molecule has 1 atom stereocenters. The molecule has 0 aromatic carbocycles. The average Bonchev–Trinajstić information content (AvgIpc) is 2.69. The Morgan fingerprint density at radius 1 is 1.47 bits per heavy atom. The van der Waals surface area contributed by atoms with Crippen LogP contribution in [-0.2, 0) is 4.79 Å². The van der Waals surface area contributed by atoms with E-state index in [0.29, 0.717) is 0 Å². The van der Waals surface area contributed by atoms with Gasteiger partial charge in [-0.1, -0.05) is 31.9 Å². The first-order valence-electron chi connectivity index (χ1n) is 5.55. The predicted octanol–water partition coefficient (Wildman–Crippen LogP) is 2.60. The molecule has 0 unspecified atom stereocenters. The van der Waals surface area contributed by atoms with Crippen molar-refractivity contribution >= 4 is 5.91 Å². The van der Waals surface area contributed by atoms with E-state index >= 15 is 0 Å². The highest BCUT2D eigenvalue weighted by atomic mass is 16.2. The smallest absolute Gasteiger partial charge is 0.298 e. The van der Waals surface area contributed by atoms with Crippen molar-refractivity contribution in [3.05, 3.63) is 12.2 Å². The molecule has 1 rings (SSSR count). The van der Waals surface area contributed by atoms with E-state index in [9.17, 15) is 4.79 Å². The first kappa shape index (κ1) is 13.8. The summed E-state index contributed by atoms with van der Waals surface area (Å²) in [6.45, 7) is 12.4. The van der Waals surface area contributed by atoms with E-state index in [2.05, 4.69) is 18.4 Å². The van der Waals surface area contributed by atoms with Gasteiger partial charge >= 0.3 is 0 Å². The zero-order valence-corrected chi connectivity index (χ0v) is 10.3. The molecular weight excluding hydrogens is 186 g/mol. The molecule has 1 amide bonds. The molecule has 1 heterocycles. The molecule has 0 aromatic heterocycles. The number of rotatable bonds is 1. The van der Waals surface area contributed by atoms with Gasteiger partial charge in [0.15, 0.2) is 0 Å². The van der Waals surface area contributed by atoms with Crippen molar-refractivity contribution in [2.75, 3.05) is 6.54 Å². The fourth-order valence-electron chi connectivity index (χ4n) is 1.70. The third-order valence-corrected chi connectivity index (χ3v) is 2.31. The van der Waals surface area contributed by atoms with E-state index in [4.69, 9.17) is 0 Å². The second kappa shape index (κ2) is 7.11. The number of nitrogens with zero attached hydrogens (tertiary/aromatic N) is 1. The Morgan fingerprint density at radius 2 is 2.07 bits per heavy atom. The summed E-state index contributed by atoms with van der Waals surface area (Å²) in [5, 5.41) is 0. The van der Waals surface area contributed by atoms with Gasteiger partial charge in [0.25, 0.3) is 5.91 Å². The van der Waals surface area contributed by atoms with E-state index in [1.807, 2.05) is 25.7 Å². The van der Waals surface area contributed by atoms with Crippen LogP contribution in [-0.4, -0.2) is 23.4 Å². The summed E-state index contributed by atoms with van der Waals surface area (Å²) in [4.78, 5) is 13.3. The van der Waals surface area contributed by atoms with Gasteiger partial charge in [-0.3, -0.25) is 4.79 Å². The lowest BCUT2D eigenvalue weighted by molar-refractivity contribution is -0.125. The molecule has 84 valence electrons. The van der Waals surface area contributed by atoms with E-state index < -0.39 is 0 Å². The van der Waals surface area contributed by atoms with Gasteiger partial charge in [-0.2, -0.15) is 0 Å². The van der Waals surface area contributed by atoms with Gasteiger partial charge in [-0.25, -0.2) is 0 Å². The summed E-state index contributed by atoms with van der Waals surface area (Å²) in [6, 6.07) is 0.216. The van der Waals surface area contributed by atoms with Gasteiger partial charge in [-0.05, 0) is 32.6 Å². The standard InChI is InChI=1S/C11H15NO.C2H6/c1-4-6-11(13)12-8-5-7-10(12)9(2)3;1-2/h10H,2,5,7-8H2,1,3H3;1-2H3/t10-;/m0./s1. The van der Waals surface area contributed by atoms with Crippen LogP contribution in [0.3, 0.4) is 0 Å². The summed E-state index contributed by atoms with van der Waals surface area (Å²) in [6.07, 6.45) is 2.10. The summed E-state index contributed by atoms with van der Waals surface area (Å²) in [5.74, 6) is 5.14. The number of carbonyl (C=O) groups is 1. The Kier molecular flexibility index (Phi) is 6.53.